The molecule has 0 atom stereocenters. The average Bonchev–Trinajstić information content (AvgIpc) is 2.44. The number of ketones is 1. The molecule has 0 bridgehead atoms. The lowest BCUT2D eigenvalue weighted by Crippen LogP contribution is -2.04. The second-order valence-corrected chi connectivity index (χ2v) is 5.38. The number of rotatable bonds is 10. The van der Waals surface area contributed by atoms with Crippen molar-refractivity contribution in [3.8, 4) is 0 Å². The Hall–Kier alpha value is -1.38. The summed E-state index contributed by atoms with van der Waals surface area (Å²) in [5.74, 6) is -0.452. The Morgan fingerprint density at radius 1 is 1.05 bits per heavy atom. The summed E-state index contributed by atoms with van der Waals surface area (Å²) < 4.78 is 13.1. The number of halogens is 1. The molecule has 0 aliphatic carbocycles. The number of nitrogens with two attached hydrogens (primary N) is 1. The molecule has 0 spiro atoms. The third-order valence-corrected chi connectivity index (χ3v) is 3.57. The van der Waals surface area contributed by atoms with Gasteiger partial charge in [0.1, 0.15) is 5.82 Å². The standard InChI is InChI=1S/C17H26FNO/c1-2-3-4-5-6-7-8-9-10-17(20)15-13-14(18)11-12-16(15)19/h11-13H,2-10,19H2,1H3. The minimum atomic E-state index is -0.404. The highest BCUT2D eigenvalue weighted by Gasteiger charge is 2.10. The van der Waals surface area contributed by atoms with E-state index in [0.717, 1.165) is 12.8 Å². The van der Waals surface area contributed by atoms with Crippen molar-refractivity contribution >= 4 is 11.5 Å². The lowest BCUT2D eigenvalue weighted by atomic mass is 10.0. The molecule has 112 valence electrons. The zero-order valence-corrected chi connectivity index (χ0v) is 12.5. The van der Waals surface area contributed by atoms with Crippen molar-refractivity contribution < 1.29 is 9.18 Å². The number of unbranched alkanes of at least 4 members (excludes halogenated alkanes) is 7. The first-order valence-corrected chi connectivity index (χ1v) is 7.73. The van der Waals surface area contributed by atoms with Gasteiger partial charge in [0.25, 0.3) is 0 Å². The molecular weight excluding hydrogens is 253 g/mol. The molecule has 0 aliphatic heterocycles. The first-order valence-electron chi connectivity index (χ1n) is 7.73. The van der Waals surface area contributed by atoms with Crippen LogP contribution in [0.2, 0.25) is 0 Å². The highest BCUT2D eigenvalue weighted by Crippen LogP contribution is 2.17. The number of hydrogen-bond acceptors (Lipinski definition) is 2. The van der Waals surface area contributed by atoms with Crippen molar-refractivity contribution in [2.24, 2.45) is 0 Å². The summed E-state index contributed by atoms with van der Waals surface area (Å²) in [7, 11) is 0. The molecule has 1 aromatic rings. The van der Waals surface area contributed by atoms with Crippen molar-refractivity contribution in [3.63, 3.8) is 0 Å². The molecule has 20 heavy (non-hydrogen) atoms. The summed E-state index contributed by atoms with van der Waals surface area (Å²) in [6.45, 7) is 2.21. The molecule has 1 rings (SSSR count). The molecule has 0 fully saturated rings. The van der Waals surface area contributed by atoms with E-state index in [0.29, 0.717) is 17.7 Å². The van der Waals surface area contributed by atoms with Crippen molar-refractivity contribution in [2.75, 3.05) is 5.73 Å². The van der Waals surface area contributed by atoms with E-state index in [1.807, 2.05) is 0 Å². The number of carbonyl (C=O) groups excluding carboxylic acids is 1. The van der Waals surface area contributed by atoms with E-state index in [9.17, 15) is 9.18 Å². The predicted molar refractivity (Wildman–Crippen MR) is 82.4 cm³/mol. The van der Waals surface area contributed by atoms with Gasteiger partial charge in [-0.3, -0.25) is 4.79 Å². The van der Waals surface area contributed by atoms with Crippen LogP contribution in [0.3, 0.4) is 0 Å². The Bertz CT molecular complexity index is 417. The average molecular weight is 279 g/mol. The number of carbonyl (C=O) groups is 1. The molecule has 2 nitrogen and oxygen atoms in total. The molecule has 0 unspecified atom stereocenters. The fourth-order valence-electron chi connectivity index (χ4n) is 2.32. The van der Waals surface area contributed by atoms with Crippen molar-refractivity contribution in [2.45, 2.75) is 64.7 Å². The monoisotopic (exact) mass is 279 g/mol. The van der Waals surface area contributed by atoms with E-state index in [-0.39, 0.29) is 5.78 Å². The van der Waals surface area contributed by atoms with E-state index < -0.39 is 5.82 Å². The summed E-state index contributed by atoms with van der Waals surface area (Å²) in [4.78, 5) is 11.9. The molecule has 0 heterocycles. The van der Waals surface area contributed by atoms with Crippen LogP contribution in [-0.4, -0.2) is 5.78 Å². The molecule has 0 amide bonds. The second-order valence-electron chi connectivity index (χ2n) is 5.38. The van der Waals surface area contributed by atoms with Gasteiger partial charge in [0.05, 0.1) is 0 Å². The summed E-state index contributed by atoms with van der Waals surface area (Å²) in [5, 5.41) is 0. The summed E-state index contributed by atoms with van der Waals surface area (Å²) in [6.07, 6.45) is 10.00. The number of benzene rings is 1. The normalized spacial score (nSPS) is 10.7. The molecule has 0 aromatic heterocycles. The largest absolute Gasteiger partial charge is 0.398 e. The number of Topliss-reactive ketones (excluding diaryl/α,β-unsaturated/α-hetero) is 1. The van der Waals surface area contributed by atoms with Crippen LogP contribution in [0.1, 0.15) is 75.1 Å². The van der Waals surface area contributed by atoms with E-state index >= 15 is 0 Å². The first kappa shape index (κ1) is 16.7. The Labute approximate surface area is 121 Å². The zero-order chi connectivity index (χ0) is 14.8. The van der Waals surface area contributed by atoms with Gasteiger partial charge in [-0.1, -0.05) is 51.9 Å². The van der Waals surface area contributed by atoms with Crippen LogP contribution in [0, 0.1) is 5.82 Å². The SMILES string of the molecule is CCCCCCCCCCC(=O)c1cc(F)ccc1N. The second kappa shape index (κ2) is 9.51. The van der Waals surface area contributed by atoms with Crippen molar-refractivity contribution in [1.82, 2.24) is 0 Å². The van der Waals surface area contributed by atoms with Gasteiger partial charge in [-0.15, -0.1) is 0 Å². The Morgan fingerprint density at radius 2 is 1.65 bits per heavy atom. The topological polar surface area (TPSA) is 43.1 Å². The third kappa shape index (κ3) is 6.18. The molecule has 3 heteroatoms. The highest BCUT2D eigenvalue weighted by molar-refractivity contribution is 6.00. The van der Waals surface area contributed by atoms with Gasteiger partial charge in [0, 0.05) is 17.7 Å². The van der Waals surface area contributed by atoms with Gasteiger partial charge in [-0.25, -0.2) is 4.39 Å². The minimum Gasteiger partial charge on any atom is -0.398 e. The van der Waals surface area contributed by atoms with E-state index in [4.69, 9.17) is 5.73 Å². The van der Waals surface area contributed by atoms with Crippen LogP contribution in [0.4, 0.5) is 10.1 Å². The third-order valence-electron chi connectivity index (χ3n) is 3.57. The molecule has 0 aliphatic rings. The number of anilines is 1. The van der Waals surface area contributed by atoms with Crippen LogP contribution >= 0.6 is 0 Å². The Kier molecular flexibility index (Phi) is 7.93. The molecule has 1 aromatic carbocycles. The van der Waals surface area contributed by atoms with Crippen LogP contribution in [0.15, 0.2) is 18.2 Å². The van der Waals surface area contributed by atoms with Crippen molar-refractivity contribution in [3.05, 3.63) is 29.6 Å². The minimum absolute atomic E-state index is 0.0482. The van der Waals surface area contributed by atoms with Crippen molar-refractivity contribution in [1.29, 1.82) is 0 Å². The zero-order valence-electron chi connectivity index (χ0n) is 12.5. The maximum atomic E-state index is 13.1. The summed E-state index contributed by atoms with van der Waals surface area (Å²) >= 11 is 0. The molecular formula is C17H26FNO. The van der Waals surface area contributed by atoms with Gasteiger partial charge >= 0.3 is 0 Å². The summed E-state index contributed by atoms with van der Waals surface area (Å²) in [6, 6.07) is 3.97. The summed E-state index contributed by atoms with van der Waals surface area (Å²) in [5.41, 5.74) is 6.40. The number of hydrogen-bond donors (Lipinski definition) is 1. The fraction of sp³-hybridized carbons (Fsp3) is 0.588. The van der Waals surface area contributed by atoms with Gasteiger partial charge in [-0.2, -0.15) is 0 Å². The molecule has 0 radical (unpaired) electrons. The van der Waals surface area contributed by atoms with Crippen LogP contribution in [0.25, 0.3) is 0 Å². The Balaban J connectivity index is 2.18. The van der Waals surface area contributed by atoms with E-state index in [2.05, 4.69) is 6.92 Å². The maximum absolute atomic E-state index is 13.1. The number of nitrogen functional groups attached to an aromatic ring is 1. The van der Waals surface area contributed by atoms with Gasteiger partial charge in [0.15, 0.2) is 5.78 Å². The van der Waals surface area contributed by atoms with Gasteiger partial charge in [0.2, 0.25) is 0 Å². The lowest BCUT2D eigenvalue weighted by molar-refractivity contribution is 0.0979. The smallest absolute Gasteiger partial charge is 0.165 e. The van der Waals surface area contributed by atoms with Gasteiger partial charge in [-0.05, 0) is 24.6 Å². The van der Waals surface area contributed by atoms with Gasteiger partial charge < -0.3 is 5.73 Å². The first-order chi connectivity index (χ1) is 9.65. The van der Waals surface area contributed by atoms with Crippen LogP contribution in [-0.2, 0) is 0 Å². The van der Waals surface area contributed by atoms with E-state index in [1.165, 1.54) is 56.7 Å². The maximum Gasteiger partial charge on any atom is 0.165 e. The highest BCUT2D eigenvalue weighted by atomic mass is 19.1. The quantitative estimate of drug-likeness (QED) is 0.367. The van der Waals surface area contributed by atoms with E-state index in [1.54, 1.807) is 0 Å². The van der Waals surface area contributed by atoms with Crippen LogP contribution < -0.4 is 5.73 Å². The molecule has 0 saturated carbocycles. The predicted octanol–water partition coefficient (Wildman–Crippen LogP) is 5.12. The molecule has 2 N–H and O–H groups in total. The van der Waals surface area contributed by atoms with Crippen LogP contribution in [0.5, 0.6) is 0 Å². The Morgan fingerprint density at radius 3 is 2.30 bits per heavy atom. The molecule has 0 saturated heterocycles. The lowest BCUT2D eigenvalue weighted by Gasteiger charge is -2.05. The fourth-order valence-corrected chi connectivity index (χ4v) is 2.32.